The quantitative estimate of drug-likeness (QED) is 0.178. The fourth-order valence-corrected chi connectivity index (χ4v) is 6.92. The molecule has 5 nitrogen and oxygen atoms in total. The van der Waals surface area contributed by atoms with Crippen LogP contribution in [0.5, 0.6) is 0 Å². The summed E-state index contributed by atoms with van der Waals surface area (Å²) in [6.07, 6.45) is 6.81. The average molecular weight is 625 g/mol. The van der Waals surface area contributed by atoms with Crippen molar-refractivity contribution in [2.24, 2.45) is 0 Å². The fraction of sp³-hybridized carbons (Fsp3) is 0.410. The molecule has 5 aromatic heterocycles. The van der Waals surface area contributed by atoms with Crippen molar-refractivity contribution >= 4 is 55.4 Å². The van der Waals surface area contributed by atoms with Gasteiger partial charge in [0.1, 0.15) is 0 Å². The molecule has 0 atom stereocenters. The second kappa shape index (κ2) is 12.6. The van der Waals surface area contributed by atoms with Crippen LogP contribution in [0.15, 0.2) is 22.6 Å². The molecular formula is C39H49ClN4O. The zero-order valence-electron chi connectivity index (χ0n) is 28.8. The van der Waals surface area contributed by atoms with Crippen LogP contribution >= 0.6 is 0 Å². The van der Waals surface area contributed by atoms with Gasteiger partial charge in [-0.1, -0.05) is 26.7 Å². The molecular weight excluding hydrogens is 576 g/mol. The van der Waals surface area contributed by atoms with Crippen molar-refractivity contribution in [1.29, 1.82) is 0 Å². The smallest absolute Gasteiger partial charge is 0.250 e. The maximum absolute atomic E-state index is 6.78. The molecule has 0 radical (unpaired) electrons. The van der Waals surface area contributed by atoms with Crippen molar-refractivity contribution in [2.75, 3.05) is 0 Å². The first-order chi connectivity index (χ1) is 21.0. The third-order valence-electron chi connectivity index (χ3n) is 10.4. The second-order valence-electron chi connectivity index (χ2n) is 13.1. The molecule has 0 aromatic carbocycles. The van der Waals surface area contributed by atoms with E-state index in [0.29, 0.717) is 0 Å². The minimum atomic E-state index is 0. The summed E-state index contributed by atoms with van der Waals surface area (Å²) in [4.78, 5) is 15.3. The van der Waals surface area contributed by atoms with Crippen LogP contribution in [0.4, 0.5) is 0 Å². The van der Waals surface area contributed by atoms with Crippen LogP contribution in [0.25, 0.3) is 55.4 Å². The molecule has 6 rings (SSSR count). The number of aryl methyl sites for hydroxylation is 8. The van der Waals surface area contributed by atoms with Gasteiger partial charge in [-0.15, -0.1) is 0 Å². The monoisotopic (exact) mass is 624 g/mol. The largest absolute Gasteiger partial charge is 1.00 e. The summed E-state index contributed by atoms with van der Waals surface area (Å²) in [5.74, 6) is 0. The molecule has 45 heavy (non-hydrogen) atoms. The number of hydrogen-bond acceptors (Lipinski definition) is 1. The zero-order valence-corrected chi connectivity index (χ0v) is 29.5. The van der Waals surface area contributed by atoms with E-state index < -0.39 is 0 Å². The molecule has 0 fully saturated rings. The van der Waals surface area contributed by atoms with Crippen molar-refractivity contribution in [2.45, 2.75) is 108 Å². The van der Waals surface area contributed by atoms with Gasteiger partial charge in [0, 0.05) is 55.9 Å². The van der Waals surface area contributed by atoms with Crippen LogP contribution in [0, 0.1) is 41.5 Å². The number of unbranched alkanes of at least 4 members (excludes halogenated alkanes) is 2. The Morgan fingerprint density at radius 3 is 1.64 bits per heavy atom. The van der Waals surface area contributed by atoms with Gasteiger partial charge in [-0.25, -0.2) is 4.98 Å². The Bertz CT molecular complexity index is 2130. The highest BCUT2D eigenvalue weighted by Crippen LogP contribution is 2.36. The number of fused-ring (bicyclic) bond motifs is 12. The molecule has 0 spiro atoms. The minimum Gasteiger partial charge on any atom is -1.00 e. The highest BCUT2D eigenvalue weighted by atomic mass is 35.5. The van der Waals surface area contributed by atoms with E-state index >= 15 is 0 Å². The van der Waals surface area contributed by atoms with Crippen LogP contribution in [0.1, 0.15) is 109 Å². The molecule has 6 heteroatoms. The van der Waals surface area contributed by atoms with Crippen LogP contribution < -0.4 is 17.4 Å². The Morgan fingerprint density at radius 1 is 0.556 bits per heavy atom. The van der Waals surface area contributed by atoms with E-state index in [1.807, 2.05) is 0 Å². The molecule has 5 aromatic rings. The molecule has 0 saturated heterocycles. The summed E-state index contributed by atoms with van der Waals surface area (Å²) in [5, 5.41) is 0. The van der Waals surface area contributed by atoms with E-state index in [-0.39, 0.29) is 12.4 Å². The topological polar surface area (TPSA) is 74.7 Å². The zero-order chi connectivity index (χ0) is 31.4. The SMILES string of the molecule is CCCCc1c(C)c2cc3[nH+]c(c4oc(c(C)c4C)c4[nH]c(cc5[nH]c(cc1[nH]2)c(CCCC)c5C)c(C)c4C)C(C)=C3C.[Cl-]. The molecule has 0 aliphatic carbocycles. The lowest BCUT2D eigenvalue weighted by atomic mass is 10.0. The summed E-state index contributed by atoms with van der Waals surface area (Å²) in [6, 6.07) is 6.97. The van der Waals surface area contributed by atoms with Gasteiger partial charge in [-0.05, 0) is 127 Å². The van der Waals surface area contributed by atoms with Crippen LogP contribution in [0.2, 0.25) is 0 Å². The van der Waals surface area contributed by atoms with Gasteiger partial charge in [0.05, 0.1) is 5.52 Å². The maximum Gasteiger partial charge on any atom is 0.250 e. The molecule has 10 bridgehead atoms. The van der Waals surface area contributed by atoms with Gasteiger partial charge >= 0.3 is 0 Å². The van der Waals surface area contributed by atoms with E-state index in [2.05, 4.69) is 107 Å². The number of aromatic amines is 4. The lowest BCUT2D eigenvalue weighted by Gasteiger charge is -2.01. The number of halogens is 1. The molecule has 1 aliphatic rings. The second-order valence-corrected chi connectivity index (χ2v) is 13.1. The first kappa shape index (κ1) is 32.7. The Hall–Kier alpha value is -3.70. The maximum atomic E-state index is 6.78. The average Bonchev–Trinajstić information content (AvgIpc) is 3.72. The number of allylic oxidation sites excluding steroid dienone is 2. The minimum absolute atomic E-state index is 0. The van der Waals surface area contributed by atoms with Gasteiger partial charge in [0.15, 0.2) is 5.58 Å². The fourth-order valence-electron chi connectivity index (χ4n) is 6.92. The number of rotatable bonds is 6. The summed E-state index contributed by atoms with van der Waals surface area (Å²) >= 11 is 0. The van der Waals surface area contributed by atoms with Crippen LogP contribution in [-0.4, -0.2) is 15.0 Å². The Balaban J connectivity index is 0.00000400. The van der Waals surface area contributed by atoms with Gasteiger partial charge in [-0.2, -0.15) is 0 Å². The van der Waals surface area contributed by atoms with Crippen molar-refractivity contribution < 1.29 is 21.8 Å². The molecule has 0 saturated carbocycles. The molecule has 6 heterocycles. The van der Waals surface area contributed by atoms with Crippen molar-refractivity contribution in [1.82, 2.24) is 15.0 Å². The summed E-state index contributed by atoms with van der Waals surface area (Å²) in [5.41, 5.74) is 23.8. The van der Waals surface area contributed by atoms with E-state index in [9.17, 15) is 0 Å². The molecule has 4 N–H and O–H groups in total. The standard InChI is InChI=1S/C39H48N4O.ClH/c1-11-13-15-28-26(9)32-17-30-20(3)22(5)36(42-30)38-24(7)25(8)39(44-38)37-23(6)21(4)31(43-37)18-33-27(10)29(16-14-12-2)35(41-33)19-34(28)40-32;/h17-19,40-42H,11-16H2,1-10H3;1H. The van der Waals surface area contributed by atoms with Gasteiger partial charge in [0.25, 0.3) is 5.69 Å². The highest BCUT2D eigenvalue weighted by molar-refractivity contribution is 5.95. The Labute approximate surface area is 273 Å². The predicted molar refractivity (Wildman–Crippen MR) is 187 cm³/mol. The Kier molecular flexibility index (Phi) is 9.15. The number of nitrogens with one attached hydrogen (secondary N) is 4. The molecule has 0 unspecified atom stereocenters. The normalized spacial score (nSPS) is 12.5. The van der Waals surface area contributed by atoms with Gasteiger partial charge in [0.2, 0.25) is 11.3 Å². The van der Waals surface area contributed by atoms with Crippen molar-refractivity contribution in [3.8, 4) is 0 Å². The van der Waals surface area contributed by atoms with Crippen LogP contribution in [-0.2, 0) is 12.8 Å². The van der Waals surface area contributed by atoms with Gasteiger partial charge in [-0.3, -0.25) is 0 Å². The first-order valence-electron chi connectivity index (χ1n) is 16.5. The molecule has 1 aliphatic heterocycles. The third-order valence-corrected chi connectivity index (χ3v) is 10.4. The first-order valence-corrected chi connectivity index (χ1v) is 16.5. The number of aromatic nitrogens is 4. The number of furan rings is 1. The predicted octanol–water partition coefficient (Wildman–Crippen LogP) is 7.74. The lowest BCUT2D eigenvalue weighted by Crippen LogP contribution is -3.00. The van der Waals surface area contributed by atoms with E-state index in [1.54, 1.807) is 0 Å². The van der Waals surface area contributed by atoms with E-state index in [0.717, 1.165) is 46.4 Å². The molecule has 0 amide bonds. The van der Waals surface area contributed by atoms with Crippen molar-refractivity contribution in [3.63, 3.8) is 0 Å². The molecule has 238 valence electrons. The Morgan fingerprint density at radius 2 is 1.07 bits per heavy atom. The van der Waals surface area contributed by atoms with E-state index in [1.165, 1.54) is 103 Å². The third kappa shape index (κ3) is 5.43. The summed E-state index contributed by atoms with van der Waals surface area (Å²) < 4.78 is 6.78. The van der Waals surface area contributed by atoms with Crippen molar-refractivity contribution in [3.05, 3.63) is 74.1 Å². The van der Waals surface area contributed by atoms with Gasteiger partial charge < -0.3 is 31.8 Å². The van der Waals surface area contributed by atoms with Crippen LogP contribution in [0.3, 0.4) is 0 Å². The summed E-state index contributed by atoms with van der Waals surface area (Å²) in [6.45, 7) is 22.3. The highest BCUT2D eigenvalue weighted by Gasteiger charge is 2.26. The number of H-pyrrole nitrogens is 4. The summed E-state index contributed by atoms with van der Waals surface area (Å²) in [7, 11) is 0. The lowest BCUT2D eigenvalue weighted by molar-refractivity contribution is -0.379. The number of hydrogen-bond donors (Lipinski definition) is 3. The van der Waals surface area contributed by atoms with E-state index in [4.69, 9.17) is 4.42 Å².